The number of rotatable bonds is 22. The summed E-state index contributed by atoms with van der Waals surface area (Å²) in [6.07, 6.45) is 42.1. The van der Waals surface area contributed by atoms with E-state index in [0.717, 1.165) is 54.3 Å². The Morgan fingerprint density at radius 2 is 1.45 bits per heavy atom. The molecule has 1 N–H and O–H groups in total. The molecule has 2 nitrogen and oxygen atoms in total. The Morgan fingerprint density at radius 1 is 0.787 bits per heavy atom. The lowest BCUT2D eigenvalue weighted by Crippen LogP contribution is -2.50. The summed E-state index contributed by atoms with van der Waals surface area (Å²) >= 11 is 0. The van der Waals surface area contributed by atoms with E-state index in [0.29, 0.717) is 17.3 Å². The lowest BCUT2D eigenvalue weighted by molar-refractivity contribution is -0.137. The molecule has 0 aromatic rings. The van der Waals surface area contributed by atoms with Crippen LogP contribution >= 0.6 is 0 Å². The van der Waals surface area contributed by atoms with Crippen LogP contribution in [-0.4, -0.2) is 11.1 Å². The maximum absolute atomic E-state index is 10.6. The SMILES string of the molecule is CC(C)CCC[C@@H](C)[C@H]1CCC2C3CC=C4CC(CCCCCCC=CCCCCCCCCCC(=O)O)CC[C@]4(C)C3CC[C@@]21C. The van der Waals surface area contributed by atoms with Crippen LogP contribution < -0.4 is 0 Å². The molecule has 4 unspecified atom stereocenters. The van der Waals surface area contributed by atoms with Gasteiger partial charge >= 0.3 is 5.97 Å². The van der Waals surface area contributed by atoms with Crippen molar-refractivity contribution >= 4 is 5.97 Å². The number of carbonyl (C=O) groups is 1. The summed E-state index contributed by atoms with van der Waals surface area (Å²) < 4.78 is 0. The topological polar surface area (TPSA) is 37.3 Å². The van der Waals surface area contributed by atoms with Gasteiger partial charge in [0, 0.05) is 6.42 Å². The predicted molar refractivity (Wildman–Crippen MR) is 203 cm³/mol. The van der Waals surface area contributed by atoms with Crippen LogP contribution in [0.5, 0.6) is 0 Å². The third-order valence-electron chi connectivity index (χ3n) is 14.6. The van der Waals surface area contributed by atoms with Gasteiger partial charge in [0.15, 0.2) is 0 Å². The number of hydrogen-bond donors (Lipinski definition) is 1. The number of fused-ring (bicyclic) bond motifs is 5. The quantitative estimate of drug-likeness (QED) is 0.0935. The number of carboxylic acids is 1. The summed E-state index contributed by atoms with van der Waals surface area (Å²) in [5.74, 6) is 5.96. The molecule has 0 aliphatic heterocycles. The Labute approximate surface area is 292 Å². The van der Waals surface area contributed by atoms with Crippen LogP contribution in [0.2, 0.25) is 0 Å². The first-order valence-corrected chi connectivity index (χ1v) is 21.2. The second-order valence-corrected chi connectivity index (χ2v) is 18.3. The standard InChI is InChI=1S/C45H78O2/c1-35(2)22-21-23-36(3)40-28-29-41-39-27-26-38-34-37(30-32-44(38,4)42(39)31-33-45(40,41)5)24-19-17-15-13-11-9-7-6-8-10-12-14-16-18-20-25-43(46)47/h7,9,26,35-37,39-42H,6,8,10-25,27-34H2,1-5H3,(H,46,47)/t36-,37?,39?,40-,41?,42?,44+,45-/m1/s1. The zero-order valence-corrected chi connectivity index (χ0v) is 32.0. The molecule has 270 valence electrons. The Balaban J connectivity index is 1.08. The van der Waals surface area contributed by atoms with Crippen molar-refractivity contribution in [3.63, 3.8) is 0 Å². The Kier molecular flexibility index (Phi) is 16.0. The maximum Gasteiger partial charge on any atom is 0.303 e. The summed E-state index contributed by atoms with van der Waals surface area (Å²) in [4.78, 5) is 10.6. The fraction of sp³-hybridized carbons (Fsp3) is 0.889. The van der Waals surface area contributed by atoms with Gasteiger partial charge in [-0.3, -0.25) is 4.79 Å². The van der Waals surface area contributed by atoms with Gasteiger partial charge in [-0.15, -0.1) is 0 Å². The third-order valence-corrected chi connectivity index (χ3v) is 14.6. The van der Waals surface area contributed by atoms with Crippen molar-refractivity contribution in [1.82, 2.24) is 0 Å². The molecule has 0 bridgehead atoms. The number of aliphatic carboxylic acids is 1. The summed E-state index contributed by atoms with van der Waals surface area (Å²) in [7, 11) is 0. The van der Waals surface area contributed by atoms with Gasteiger partial charge in [0.1, 0.15) is 0 Å². The summed E-state index contributed by atoms with van der Waals surface area (Å²) in [6.45, 7) is 12.9. The molecule has 0 aromatic carbocycles. The third kappa shape index (κ3) is 11.0. The molecule has 0 aromatic heterocycles. The number of carboxylic acid groups (broad SMARTS) is 1. The lowest BCUT2D eigenvalue weighted by Gasteiger charge is -2.58. The molecule has 0 heterocycles. The molecule has 47 heavy (non-hydrogen) atoms. The molecule has 3 saturated carbocycles. The van der Waals surface area contributed by atoms with Gasteiger partial charge in [-0.25, -0.2) is 0 Å². The fourth-order valence-corrected chi connectivity index (χ4v) is 11.7. The highest BCUT2D eigenvalue weighted by Crippen LogP contribution is 2.67. The number of hydrogen-bond acceptors (Lipinski definition) is 1. The van der Waals surface area contributed by atoms with E-state index in [1.54, 1.807) is 0 Å². The summed E-state index contributed by atoms with van der Waals surface area (Å²) in [5, 5.41) is 8.69. The highest BCUT2D eigenvalue weighted by Gasteiger charge is 2.59. The van der Waals surface area contributed by atoms with Crippen LogP contribution in [0.15, 0.2) is 23.8 Å². The molecule has 3 fully saturated rings. The highest BCUT2D eigenvalue weighted by atomic mass is 16.4. The first-order chi connectivity index (χ1) is 22.6. The minimum Gasteiger partial charge on any atom is -0.481 e. The molecule has 4 aliphatic carbocycles. The minimum absolute atomic E-state index is 0.336. The highest BCUT2D eigenvalue weighted by molar-refractivity contribution is 5.66. The molecule has 0 amide bonds. The number of unbranched alkanes of at least 4 members (excludes halogenated alkanes) is 11. The first kappa shape index (κ1) is 38.7. The fourth-order valence-electron chi connectivity index (χ4n) is 11.7. The Morgan fingerprint density at radius 3 is 2.13 bits per heavy atom. The largest absolute Gasteiger partial charge is 0.481 e. The van der Waals surface area contributed by atoms with E-state index in [1.165, 1.54) is 148 Å². The van der Waals surface area contributed by atoms with E-state index >= 15 is 0 Å². The first-order valence-electron chi connectivity index (χ1n) is 21.2. The van der Waals surface area contributed by atoms with Gasteiger partial charge in [0.05, 0.1) is 0 Å². The van der Waals surface area contributed by atoms with Crippen molar-refractivity contribution in [3.8, 4) is 0 Å². The van der Waals surface area contributed by atoms with Crippen molar-refractivity contribution in [1.29, 1.82) is 0 Å². The van der Waals surface area contributed by atoms with Crippen molar-refractivity contribution in [2.45, 2.75) is 202 Å². The second kappa shape index (κ2) is 19.4. The maximum atomic E-state index is 10.6. The van der Waals surface area contributed by atoms with E-state index in [1.807, 2.05) is 5.57 Å². The zero-order valence-electron chi connectivity index (χ0n) is 32.0. The van der Waals surface area contributed by atoms with Crippen LogP contribution in [-0.2, 0) is 4.79 Å². The van der Waals surface area contributed by atoms with Gasteiger partial charge in [-0.1, -0.05) is 135 Å². The van der Waals surface area contributed by atoms with E-state index in [9.17, 15) is 4.79 Å². The lowest BCUT2D eigenvalue weighted by atomic mass is 9.46. The molecule has 4 aliphatic rings. The van der Waals surface area contributed by atoms with Crippen molar-refractivity contribution in [2.75, 3.05) is 0 Å². The molecule has 0 radical (unpaired) electrons. The molecule has 0 saturated heterocycles. The van der Waals surface area contributed by atoms with Crippen molar-refractivity contribution in [2.24, 2.45) is 52.3 Å². The van der Waals surface area contributed by atoms with Gasteiger partial charge in [-0.2, -0.15) is 0 Å². The van der Waals surface area contributed by atoms with Gasteiger partial charge in [-0.05, 0) is 136 Å². The van der Waals surface area contributed by atoms with Gasteiger partial charge in [0.2, 0.25) is 0 Å². The van der Waals surface area contributed by atoms with E-state index in [-0.39, 0.29) is 0 Å². The van der Waals surface area contributed by atoms with Gasteiger partial charge in [0.25, 0.3) is 0 Å². The Hall–Kier alpha value is -1.05. The minimum atomic E-state index is -0.653. The normalized spacial score (nSPS) is 32.6. The van der Waals surface area contributed by atoms with E-state index in [4.69, 9.17) is 5.11 Å². The van der Waals surface area contributed by atoms with Crippen LogP contribution in [0.25, 0.3) is 0 Å². The molecule has 2 heteroatoms. The van der Waals surface area contributed by atoms with E-state index < -0.39 is 5.97 Å². The second-order valence-electron chi connectivity index (χ2n) is 18.3. The van der Waals surface area contributed by atoms with Crippen LogP contribution in [0, 0.1) is 52.3 Å². The van der Waals surface area contributed by atoms with Gasteiger partial charge < -0.3 is 5.11 Å². The molecule has 8 atom stereocenters. The molecular formula is C45H78O2. The van der Waals surface area contributed by atoms with Crippen molar-refractivity contribution < 1.29 is 9.90 Å². The average molecular weight is 651 g/mol. The molecule has 4 rings (SSSR count). The van der Waals surface area contributed by atoms with Crippen LogP contribution in [0.3, 0.4) is 0 Å². The van der Waals surface area contributed by atoms with E-state index in [2.05, 4.69) is 52.8 Å². The van der Waals surface area contributed by atoms with Crippen LogP contribution in [0.4, 0.5) is 0 Å². The predicted octanol–water partition coefficient (Wildman–Crippen LogP) is 14.1. The Bertz CT molecular complexity index is 976. The van der Waals surface area contributed by atoms with Crippen molar-refractivity contribution in [3.05, 3.63) is 23.8 Å². The molecule has 0 spiro atoms. The smallest absolute Gasteiger partial charge is 0.303 e. The zero-order chi connectivity index (χ0) is 33.7. The average Bonchev–Trinajstić information content (AvgIpc) is 3.39. The monoisotopic (exact) mass is 651 g/mol. The summed E-state index contributed by atoms with van der Waals surface area (Å²) in [6, 6.07) is 0. The summed E-state index contributed by atoms with van der Waals surface area (Å²) in [5.41, 5.74) is 3.02. The number of allylic oxidation sites excluding steroid dienone is 4. The molecular weight excluding hydrogens is 572 g/mol. The van der Waals surface area contributed by atoms with Crippen LogP contribution in [0.1, 0.15) is 202 Å².